The van der Waals surface area contributed by atoms with Gasteiger partial charge in [0, 0.05) is 18.4 Å². The molecule has 2 amide bonds. The zero-order valence-corrected chi connectivity index (χ0v) is 14.6. The second-order valence-electron chi connectivity index (χ2n) is 5.60. The minimum atomic E-state index is -0.388. The fourth-order valence-corrected chi connectivity index (χ4v) is 3.07. The molecule has 1 atom stereocenters. The molecule has 1 fully saturated rings. The van der Waals surface area contributed by atoms with Gasteiger partial charge in [0.2, 0.25) is 5.91 Å². The van der Waals surface area contributed by atoms with E-state index in [1.807, 2.05) is 0 Å². The molecule has 134 valence electrons. The monoisotopic (exact) mass is 365 g/mol. The molecular formula is C16H19N3O5S. The highest BCUT2D eigenvalue weighted by Gasteiger charge is 2.17. The van der Waals surface area contributed by atoms with Gasteiger partial charge in [-0.15, -0.1) is 11.3 Å². The summed E-state index contributed by atoms with van der Waals surface area (Å²) in [5, 5.41) is 4.83. The van der Waals surface area contributed by atoms with Gasteiger partial charge in [0.1, 0.15) is 5.76 Å². The van der Waals surface area contributed by atoms with Gasteiger partial charge in [-0.3, -0.25) is 14.9 Å². The molecule has 1 unspecified atom stereocenters. The maximum atomic E-state index is 12.1. The molecule has 2 N–H and O–H groups in total. The Morgan fingerprint density at radius 2 is 2.32 bits per heavy atom. The zero-order chi connectivity index (χ0) is 17.6. The molecule has 8 nitrogen and oxygen atoms in total. The number of rotatable bonds is 6. The standard InChI is InChI=1S/C16H19N3O5S/c1-10-12(5-7-22-10)15(21)18-16-17-11(9-25-16)8-13(20)19-24-14-4-2-3-6-23-14/h5,7,9,14H,2-4,6,8H2,1H3,(H,19,20)(H,17,18,21). The molecule has 2 aromatic heterocycles. The smallest absolute Gasteiger partial charge is 0.260 e. The van der Waals surface area contributed by atoms with Crippen LogP contribution in [0.15, 0.2) is 22.1 Å². The van der Waals surface area contributed by atoms with Crippen molar-refractivity contribution in [2.45, 2.75) is 38.9 Å². The third kappa shape index (κ3) is 4.88. The van der Waals surface area contributed by atoms with E-state index in [1.165, 1.54) is 17.6 Å². The van der Waals surface area contributed by atoms with Crippen molar-refractivity contribution in [2.75, 3.05) is 11.9 Å². The molecule has 0 saturated carbocycles. The van der Waals surface area contributed by atoms with Crippen LogP contribution in [-0.4, -0.2) is 29.7 Å². The van der Waals surface area contributed by atoms with Crippen LogP contribution in [0, 0.1) is 6.92 Å². The third-order valence-electron chi connectivity index (χ3n) is 3.66. The van der Waals surface area contributed by atoms with Gasteiger partial charge in [0.25, 0.3) is 5.91 Å². The zero-order valence-electron chi connectivity index (χ0n) is 13.7. The topological polar surface area (TPSA) is 103 Å². The first-order chi connectivity index (χ1) is 12.1. The van der Waals surface area contributed by atoms with Crippen molar-refractivity contribution in [1.82, 2.24) is 10.5 Å². The Bertz CT molecular complexity index is 736. The molecule has 25 heavy (non-hydrogen) atoms. The van der Waals surface area contributed by atoms with Crippen LogP contribution in [0.2, 0.25) is 0 Å². The third-order valence-corrected chi connectivity index (χ3v) is 4.47. The molecule has 1 saturated heterocycles. The van der Waals surface area contributed by atoms with Crippen LogP contribution >= 0.6 is 11.3 Å². The van der Waals surface area contributed by atoms with Crippen LogP contribution in [0.5, 0.6) is 0 Å². The summed E-state index contributed by atoms with van der Waals surface area (Å²) in [6, 6.07) is 1.59. The van der Waals surface area contributed by atoms with E-state index in [9.17, 15) is 9.59 Å². The Morgan fingerprint density at radius 3 is 3.04 bits per heavy atom. The highest BCUT2D eigenvalue weighted by atomic mass is 32.1. The average molecular weight is 365 g/mol. The van der Waals surface area contributed by atoms with Crippen molar-refractivity contribution in [3.05, 3.63) is 34.7 Å². The summed E-state index contributed by atoms with van der Waals surface area (Å²) >= 11 is 1.25. The normalized spacial score (nSPS) is 17.2. The van der Waals surface area contributed by atoms with E-state index in [1.54, 1.807) is 18.4 Å². The van der Waals surface area contributed by atoms with Gasteiger partial charge >= 0.3 is 0 Å². The lowest BCUT2D eigenvalue weighted by atomic mass is 10.2. The summed E-state index contributed by atoms with van der Waals surface area (Å²) in [5.74, 6) is -0.0758. The Morgan fingerprint density at radius 1 is 1.44 bits per heavy atom. The molecule has 1 aliphatic heterocycles. The fraction of sp³-hybridized carbons (Fsp3) is 0.438. The number of nitrogens with one attached hydrogen (secondary N) is 2. The number of hydrogen-bond acceptors (Lipinski definition) is 7. The number of anilines is 1. The summed E-state index contributed by atoms with van der Waals surface area (Å²) in [7, 11) is 0. The van der Waals surface area contributed by atoms with Crippen LogP contribution in [0.1, 0.15) is 41.1 Å². The Labute approximate surface area is 148 Å². The van der Waals surface area contributed by atoms with Crippen molar-refractivity contribution in [3.63, 3.8) is 0 Å². The van der Waals surface area contributed by atoms with Gasteiger partial charge in [-0.1, -0.05) is 0 Å². The quantitative estimate of drug-likeness (QED) is 0.762. The first kappa shape index (κ1) is 17.6. The molecule has 0 spiro atoms. The number of aromatic nitrogens is 1. The summed E-state index contributed by atoms with van der Waals surface area (Å²) in [5.41, 5.74) is 3.39. The lowest BCUT2D eigenvalue weighted by Gasteiger charge is -2.21. The van der Waals surface area contributed by atoms with E-state index < -0.39 is 0 Å². The number of nitrogens with zero attached hydrogens (tertiary/aromatic N) is 1. The predicted octanol–water partition coefficient (Wildman–Crippen LogP) is 2.41. The number of ether oxygens (including phenoxy) is 1. The van der Waals surface area contributed by atoms with E-state index in [4.69, 9.17) is 14.0 Å². The number of furan rings is 1. The van der Waals surface area contributed by atoms with Crippen LogP contribution in [0.25, 0.3) is 0 Å². The van der Waals surface area contributed by atoms with Crippen molar-refractivity contribution in [1.29, 1.82) is 0 Å². The number of aryl methyl sites for hydroxylation is 1. The van der Waals surface area contributed by atoms with Gasteiger partial charge in [-0.2, -0.15) is 0 Å². The number of carbonyl (C=O) groups is 2. The van der Waals surface area contributed by atoms with Gasteiger partial charge in [-0.05, 0) is 25.8 Å². The van der Waals surface area contributed by atoms with E-state index in [0.717, 1.165) is 19.3 Å². The number of hydrogen-bond donors (Lipinski definition) is 2. The Hall–Kier alpha value is -2.23. The van der Waals surface area contributed by atoms with Crippen LogP contribution in [0.4, 0.5) is 5.13 Å². The van der Waals surface area contributed by atoms with E-state index in [-0.39, 0.29) is 24.5 Å². The van der Waals surface area contributed by atoms with Crippen molar-refractivity contribution < 1.29 is 23.6 Å². The molecule has 9 heteroatoms. The molecular weight excluding hydrogens is 346 g/mol. The van der Waals surface area contributed by atoms with Crippen LogP contribution in [0.3, 0.4) is 0 Å². The molecule has 2 aromatic rings. The highest BCUT2D eigenvalue weighted by molar-refractivity contribution is 7.14. The first-order valence-corrected chi connectivity index (χ1v) is 8.86. The van der Waals surface area contributed by atoms with E-state index in [0.29, 0.717) is 28.8 Å². The Balaban J connectivity index is 1.47. The lowest BCUT2D eigenvalue weighted by molar-refractivity contribution is -0.200. The van der Waals surface area contributed by atoms with Crippen LogP contribution < -0.4 is 10.8 Å². The number of hydroxylamine groups is 1. The summed E-state index contributed by atoms with van der Waals surface area (Å²) < 4.78 is 10.5. The van der Waals surface area contributed by atoms with Gasteiger partial charge in [0.05, 0.1) is 23.9 Å². The van der Waals surface area contributed by atoms with Gasteiger partial charge < -0.3 is 9.15 Å². The van der Waals surface area contributed by atoms with E-state index in [2.05, 4.69) is 15.8 Å². The second kappa shape index (κ2) is 8.24. The summed E-state index contributed by atoms with van der Waals surface area (Å²) in [6.07, 6.45) is 3.93. The van der Waals surface area contributed by atoms with Crippen LogP contribution in [-0.2, 0) is 20.8 Å². The Kier molecular flexibility index (Phi) is 5.79. The maximum absolute atomic E-state index is 12.1. The van der Waals surface area contributed by atoms with Crippen molar-refractivity contribution >= 4 is 28.3 Å². The minimum absolute atomic E-state index is 0.0594. The largest absolute Gasteiger partial charge is 0.469 e. The number of amides is 2. The van der Waals surface area contributed by atoms with Gasteiger partial charge in [0.15, 0.2) is 11.4 Å². The summed E-state index contributed by atoms with van der Waals surface area (Å²) in [4.78, 5) is 33.4. The average Bonchev–Trinajstić information content (AvgIpc) is 3.23. The summed E-state index contributed by atoms with van der Waals surface area (Å²) in [6.45, 7) is 2.36. The SMILES string of the molecule is Cc1occc1C(=O)Nc1nc(CC(=O)NOC2CCCCO2)cs1. The number of thiazole rings is 1. The van der Waals surface area contributed by atoms with Crippen molar-refractivity contribution in [3.8, 4) is 0 Å². The predicted molar refractivity (Wildman–Crippen MR) is 90.0 cm³/mol. The van der Waals surface area contributed by atoms with E-state index >= 15 is 0 Å². The fourth-order valence-electron chi connectivity index (χ4n) is 2.37. The molecule has 0 aromatic carbocycles. The lowest BCUT2D eigenvalue weighted by Crippen LogP contribution is -2.33. The minimum Gasteiger partial charge on any atom is -0.469 e. The molecule has 3 rings (SSSR count). The first-order valence-electron chi connectivity index (χ1n) is 7.98. The molecule has 3 heterocycles. The van der Waals surface area contributed by atoms with Gasteiger partial charge in [-0.25, -0.2) is 15.3 Å². The molecule has 0 radical (unpaired) electrons. The second-order valence-corrected chi connectivity index (χ2v) is 6.46. The molecule has 1 aliphatic rings. The number of carbonyl (C=O) groups excluding carboxylic acids is 2. The molecule has 0 aliphatic carbocycles. The maximum Gasteiger partial charge on any atom is 0.260 e. The molecule has 0 bridgehead atoms. The highest BCUT2D eigenvalue weighted by Crippen LogP contribution is 2.18. The van der Waals surface area contributed by atoms with Crippen molar-refractivity contribution in [2.24, 2.45) is 0 Å².